The Kier molecular flexibility index (Phi) is 1.89. The molecule has 2 aliphatic heterocycles. The summed E-state index contributed by atoms with van der Waals surface area (Å²) in [6, 6.07) is 0. The van der Waals surface area contributed by atoms with Crippen LogP contribution in [0, 0.1) is 11.8 Å². The average Bonchev–Trinajstić information content (AvgIpc) is 2.55. The molecule has 0 aromatic heterocycles. The van der Waals surface area contributed by atoms with E-state index in [1.807, 2.05) is 0 Å². The number of cyclic esters (lactones) is 1. The van der Waals surface area contributed by atoms with Gasteiger partial charge in [-0.1, -0.05) is 31.9 Å². The van der Waals surface area contributed by atoms with Gasteiger partial charge in [0.15, 0.2) is 0 Å². The fourth-order valence-corrected chi connectivity index (χ4v) is 2.64. The zero-order valence-corrected chi connectivity index (χ0v) is 7.62. The Morgan fingerprint density at radius 2 is 2.42 bits per heavy atom. The molecule has 2 heterocycles. The summed E-state index contributed by atoms with van der Waals surface area (Å²) in [7, 11) is 2.33. The molecule has 3 heteroatoms. The summed E-state index contributed by atoms with van der Waals surface area (Å²) >= 11 is 0. The van der Waals surface area contributed by atoms with Crippen molar-refractivity contribution in [3.63, 3.8) is 0 Å². The van der Waals surface area contributed by atoms with Gasteiger partial charge in [-0.15, -0.1) is 0 Å². The quantitative estimate of drug-likeness (QED) is 0.434. The molecule has 0 saturated carbocycles. The minimum atomic E-state index is 0.0275. The number of esters is 1. The van der Waals surface area contributed by atoms with E-state index in [2.05, 4.69) is 21.1 Å². The Balaban J connectivity index is 2.17. The SMILES string of the molecule is CCC1[B]C(C)C2C(=O)OCC12. The lowest BCUT2D eigenvalue weighted by Crippen LogP contribution is -2.13. The first kappa shape index (κ1) is 8.15. The van der Waals surface area contributed by atoms with Gasteiger partial charge in [0.2, 0.25) is 0 Å². The number of fused-ring (bicyclic) bond motifs is 1. The molecule has 0 bridgehead atoms. The molecule has 0 aromatic carbocycles. The van der Waals surface area contributed by atoms with Gasteiger partial charge in [0, 0.05) is 5.92 Å². The van der Waals surface area contributed by atoms with Crippen LogP contribution in [0.25, 0.3) is 0 Å². The van der Waals surface area contributed by atoms with Gasteiger partial charge in [0.1, 0.15) is 7.28 Å². The Morgan fingerprint density at radius 1 is 1.67 bits per heavy atom. The van der Waals surface area contributed by atoms with E-state index in [0.29, 0.717) is 24.2 Å². The first-order valence-electron chi connectivity index (χ1n) is 4.75. The summed E-state index contributed by atoms with van der Waals surface area (Å²) in [6.07, 6.45) is 1.14. The Labute approximate surface area is 73.9 Å². The minimum Gasteiger partial charge on any atom is -0.465 e. The maximum Gasteiger partial charge on any atom is 0.308 e. The molecular formula is C9H14BO2. The Bertz CT molecular complexity index is 205. The van der Waals surface area contributed by atoms with Gasteiger partial charge in [0.25, 0.3) is 0 Å². The lowest BCUT2D eigenvalue weighted by atomic mass is 9.59. The molecule has 0 aromatic rings. The highest BCUT2D eigenvalue weighted by Gasteiger charge is 2.49. The first-order chi connectivity index (χ1) is 5.74. The molecule has 2 saturated heterocycles. The molecule has 0 aliphatic carbocycles. The summed E-state index contributed by atoms with van der Waals surface area (Å²) in [4.78, 5) is 11.3. The second-order valence-corrected chi connectivity index (χ2v) is 3.94. The molecule has 65 valence electrons. The number of carbonyl (C=O) groups is 1. The van der Waals surface area contributed by atoms with Crippen molar-refractivity contribution in [3.8, 4) is 0 Å². The van der Waals surface area contributed by atoms with Crippen LogP contribution in [0.15, 0.2) is 0 Å². The van der Waals surface area contributed by atoms with Crippen molar-refractivity contribution in [2.45, 2.75) is 31.9 Å². The highest BCUT2D eigenvalue weighted by molar-refractivity contribution is 6.42. The zero-order chi connectivity index (χ0) is 8.72. The summed E-state index contributed by atoms with van der Waals surface area (Å²) < 4.78 is 5.06. The van der Waals surface area contributed by atoms with Crippen LogP contribution in [-0.2, 0) is 9.53 Å². The summed E-state index contributed by atoms with van der Waals surface area (Å²) in [6.45, 7) is 4.96. The average molecular weight is 165 g/mol. The van der Waals surface area contributed by atoms with Crippen LogP contribution in [0.2, 0.25) is 11.6 Å². The van der Waals surface area contributed by atoms with Crippen molar-refractivity contribution >= 4 is 13.2 Å². The molecule has 0 N–H and O–H groups in total. The van der Waals surface area contributed by atoms with E-state index in [9.17, 15) is 4.79 Å². The van der Waals surface area contributed by atoms with Crippen molar-refractivity contribution in [3.05, 3.63) is 0 Å². The van der Waals surface area contributed by atoms with Crippen LogP contribution >= 0.6 is 0 Å². The van der Waals surface area contributed by atoms with E-state index in [4.69, 9.17) is 4.74 Å². The highest BCUT2D eigenvalue weighted by Crippen LogP contribution is 2.48. The van der Waals surface area contributed by atoms with Gasteiger partial charge in [0.05, 0.1) is 12.5 Å². The number of hydrogen-bond acceptors (Lipinski definition) is 2. The van der Waals surface area contributed by atoms with E-state index in [-0.39, 0.29) is 11.9 Å². The molecular weight excluding hydrogens is 151 g/mol. The van der Waals surface area contributed by atoms with Crippen molar-refractivity contribution in [2.24, 2.45) is 11.8 Å². The Hall–Kier alpha value is -0.465. The highest BCUT2D eigenvalue weighted by atomic mass is 16.5. The lowest BCUT2D eigenvalue weighted by molar-refractivity contribution is -0.141. The monoisotopic (exact) mass is 165 g/mol. The number of carbonyl (C=O) groups excluding carboxylic acids is 1. The molecule has 4 unspecified atom stereocenters. The maximum atomic E-state index is 11.3. The van der Waals surface area contributed by atoms with Crippen LogP contribution in [0.4, 0.5) is 0 Å². The van der Waals surface area contributed by atoms with Crippen molar-refractivity contribution < 1.29 is 9.53 Å². The topological polar surface area (TPSA) is 26.3 Å². The molecule has 0 spiro atoms. The first-order valence-corrected chi connectivity index (χ1v) is 4.75. The lowest BCUT2D eigenvalue weighted by Gasteiger charge is -2.12. The van der Waals surface area contributed by atoms with E-state index >= 15 is 0 Å². The number of ether oxygens (including phenoxy) is 1. The van der Waals surface area contributed by atoms with E-state index in [1.165, 1.54) is 0 Å². The van der Waals surface area contributed by atoms with Gasteiger partial charge in [-0.05, 0) is 0 Å². The second-order valence-electron chi connectivity index (χ2n) is 3.94. The molecule has 2 fully saturated rings. The largest absolute Gasteiger partial charge is 0.465 e. The molecule has 1 radical (unpaired) electrons. The van der Waals surface area contributed by atoms with E-state index in [1.54, 1.807) is 0 Å². The van der Waals surface area contributed by atoms with Crippen LogP contribution in [0.1, 0.15) is 20.3 Å². The zero-order valence-electron chi connectivity index (χ0n) is 7.62. The van der Waals surface area contributed by atoms with Gasteiger partial charge in [-0.25, -0.2) is 0 Å². The molecule has 0 amide bonds. The summed E-state index contributed by atoms with van der Waals surface area (Å²) in [5, 5.41) is 0. The van der Waals surface area contributed by atoms with Crippen LogP contribution in [0.5, 0.6) is 0 Å². The van der Waals surface area contributed by atoms with Gasteiger partial charge < -0.3 is 4.74 Å². The molecule has 2 rings (SSSR count). The smallest absolute Gasteiger partial charge is 0.308 e. The fraction of sp³-hybridized carbons (Fsp3) is 0.889. The van der Waals surface area contributed by atoms with Crippen molar-refractivity contribution in [1.82, 2.24) is 0 Å². The summed E-state index contributed by atoms with van der Waals surface area (Å²) in [5.74, 6) is 1.72. The normalized spacial score (nSPS) is 45.3. The van der Waals surface area contributed by atoms with Gasteiger partial charge in [-0.3, -0.25) is 4.79 Å². The maximum absolute atomic E-state index is 11.3. The molecule has 12 heavy (non-hydrogen) atoms. The van der Waals surface area contributed by atoms with Crippen molar-refractivity contribution in [1.29, 1.82) is 0 Å². The molecule has 2 nitrogen and oxygen atoms in total. The standard InChI is InChI=1S/C9H14BO2/c1-3-7-6-4-12-9(11)8(6)5(2)10-7/h5-8H,3-4H2,1-2H3. The van der Waals surface area contributed by atoms with Crippen molar-refractivity contribution in [2.75, 3.05) is 6.61 Å². The second kappa shape index (κ2) is 2.79. The predicted molar refractivity (Wildman–Crippen MR) is 47.2 cm³/mol. The van der Waals surface area contributed by atoms with E-state index < -0.39 is 0 Å². The fourth-order valence-electron chi connectivity index (χ4n) is 2.64. The third kappa shape index (κ3) is 0.986. The minimum absolute atomic E-state index is 0.0275. The van der Waals surface area contributed by atoms with Gasteiger partial charge >= 0.3 is 5.97 Å². The van der Waals surface area contributed by atoms with Crippen LogP contribution in [-0.4, -0.2) is 19.9 Å². The molecule has 2 aliphatic rings. The predicted octanol–water partition coefficient (Wildman–Crippen LogP) is 1.50. The van der Waals surface area contributed by atoms with E-state index in [0.717, 1.165) is 6.42 Å². The third-order valence-corrected chi connectivity index (χ3v) is 3.29. The summed E-state index contributed by atoms with van der Waals surface area (Å²) in [5.41, 5.74) is 0. The van der Waals surface area contributed by atoms with Gasteiger partial charge in [-0.2, -0.15) is 0 Å². The Morgan fingerprint density at radius 3 is 3.08 bits per heavy atom. The van der Waals surface area contributed by atoms with Crippen LogP contribution in [0.3, 0.4) is 0 Å². The third-order valence-electron chi connectivity index (χ3n) is 3.29. The number of hydrogen-bond donors (Lipinski definition) is 0. The van der Waals surface area contributed by atoms with Crippen LogP contribution < -0.4 is 0 Å². The molecule has 4 atom stereocenters. The number of rotatable bonds is 1.